The van der Waals surface area contributed by atoms with Crippen molar-refractivity contribution < 1.29 is 13.5 Å². The van der Waals surface area contributed by atoms with E-state index in [1.807, 2.05) is 0 Å². The van der Waals surface area contributed by atoms with Crippen LogP contribution in [0.5, 0.6) is 0 Å². The Balaban J connectivity index is 2.91. The average Bonchev–Trinajstić information content (AvgIpc) is 2.06. The highest BCUT2D eigenvalue weighted by molar-refractivity contribution is 7.91. The molecule has 4 heteroatoms. The van der Waals surface area contributed by atoms with Crippen molar-refractivity contribution in [3.05, 3.63) is 0 Å². The summed E-state index contributed by atoms with van der Waals surface area (Å²) in [6.45, 7) is 1.60. The smallest absolute Gasteiger partial charge is 0.153 e. The minimum absolute atomic E-state index is 0.546. The quantitative estimate of drug-likeness (QED) is 0.629. The zero-order valence-electron chi connectivity index (χ0n) is 6.87. The van der Waals surface area contributed by atoms with Crippen LogP contribution in [0.3, 0.4) is 0 Å². The van der Waals surface area contributed by atoms with Crippen molar-refractivity contribution in [2.24, 2.45) is 0 Å². The molecule has 2 atom stereocenters. The molecular formula is C7H14O3S. The predicted molar refractivity (Wildman–Crippen MR) is 43.1 cm³/mol. The topological polar surface area (TPSA) is 54.4 Å². The lowest BCUT2D eigenvalue weighted by Crippen LogP contribution is -2.39. The number of sulfone groups is 1. The maximum absolute atomic E-state index is 11.1. The van der Waals surface area contributed by atoms with Crippen LogP contribution in [0.4, 0.5) is 0 Å². The summed E-state index contributed by atoms with van der Waals surface area (Å²) >= 11 is 0. The van der Waals surface area contributed by atoms with Gasteiger partial charge in [-0.25, -0.2) is 8.42 Å². The monoisotopic (exact) mass is 178 g/mol. The number of rotatable bonds is 1. The fraction of sp³-hybridized carbons (Fsp3) is 1.00. The maximum atomic E-state index is 11.1. The molecule has 0 aliphatic heterocycles. The first-order valence-corrected chi connectivity index (χ1v) is 5.71. The van der Waals surface area contributed by atoms with Gasteiger partial charge in [0.1, 0.15) is 0 Å². The molecule has 3 nitrogen and oxygen atoms in total. The first-order chi connectivity index (χ1) is 4.84. The van der Waals surface area contributed by atoms with Crippen LogP contribution < -0.4 is 0 Å². The molecule has 0 amide bonds. The van der Waals surface area contributed by atoms with Crippen molar-refractivity contribution in [2.45, 2.75) is 37.0 Å². The number of hydrogen-bond donors (Lipinski definition) is 1. The van der Waals surface area contributed by atoms with Gasteiger partial charge in [-0.3, -0.25) is 0 Å². The van der Waals surface area contributed by atoms with Crippen LogP contribution in [0.2, 0.25) is 0 Å². The Morgan fingerprint density at radius 2 is 2.09 bits per heavy atom. The van der Waals surface area contributed by atoms with Gasteiger partial charge >= 0.3 is 0 Å². The minimum atomic E-state index is -3.06. The van der Waals surface area contributed by atoms with Gasteiger partial charge in [0, 0.05) is 6.26 Å². The molecule has 1 saturated carbocycles. The van der Waals surface area contributed by atoms with E-state index >= 15 is 0 Å². The molecule has 0 aromatic carbocycles. The third-order valence-corrected chi connectivity index (χ3v) is 4.14. The summed E-state index contributed by atoms with van der Waals surface area (Å²) in [7, 11) is -3.06. The Bertz CT molecular complexity index is 240. The predicted octanol–water partition coefficient (Wildman–Crippen LogP) is 0.335. The van der Waals surface area contributed by atoms with E-state index in [1.54, 1.807) is 6.92 Å². The maximum Gasteiger partial charge on any atom is 0.153 e. The fourth-order valence-corrected chi connectivity index (χ4v) is 3.43. The van der Waals surface area contributed by atoms with Crippen LogP contribution in [-0.4, -0.2) is 30.6 Å². The highest BCUT2D eigenvalue weighted by Crippen LogP contribution is 2.33. The first kappa shape index (κ1) is 9.00. The van der Waals surface area contributed by atoms with Crippen LogP contribution in [-0.2, 0) is 9.84 Å². The van der Waals surface area contributed by atoms with Gasteiger partial charge in [-0.05, 0) is 26.2 Å². The summed E-state index contributed by atoms with van der Waals surface area (Å²) in [6.07, 6.45) is 3.21. The molecule has 1 aliphatic carbocycles. The molecule has 1 fully saturated rings. The van der Waals surface area contributed by atoms with Gasteiger partial charge in [-0.15, -0.1) is 0 Å². The Morgan fingerprint density at radius 1 is 1.55 bits per heavy atom. The summed E-state index contributed by atoms with van der Waals surface area (Å²) in [6, 6.07) is 0. The van der Waals surface area contributed by atoms with Crippen LogP contribution >= 0.6 is 0 Å². The molecule has 1 aliphatic rings. The summed E-state index contributed by atoms with van der Waals surface area (Å²) in [5.74, 6) is 0. The summed E-state index contributed by atoms with van der Waals surface area (Å²) in [5, 5.41) is 9.06. The highest BCUT2D eigenvalue weighted by atomic mass is 32.2. The molecule has 2 unspecified atom stereocenters. The normalized spacial score (nSPS) is 39.4. The van der Waals surface area contributed by atoms with Crippen molar-refractivity contribution in [2.75, 3.05) is 6.26 Å². The van der Waals surface area contributed by atoms with E-state index in [0.29, 0.717) is 12.8 Å². The molecule has 66 valence electrons. The molecule has 0 bridgehead atoms. The highest BCUT2D eigenvalue weighted by Gasteiger charge is 2.42. The Labute approximate surface area is 67.3 Å². The van der Waals surface area contributed by atoms with Crippen molar-refractivity contribution >= 4 is 9.84 Å². The summed E-state index contributed by atoms with van der Waals surface area (Å²) in [5.41, 5.74) is -0.992. The lowest BCUT2D eigenvalue weighted by molar-refractivity contribution is 0.0711. The fourth-order valence-electron chi connectivity index (χ4n) is 1.79. The zero-order valence-corrected chi connectivity index (χ0v) is 7.69. The Morgan fingerprint density at radius 3 is 2.27 bits per heavy atom. The molecule has 0 aromatic rings. The molecule has 0 saturated heterocycles. The standard InChI is InChI=1S/C7H14O3S/c1-7(8)5-3-4-6(7)11(2,9)10/h6,8H,3-5H2,1-2H3. The van der Waals surface area contributed by atoms with Gasteiger partial charge in [-0.2, -0.15) is 0 Å². The molecule has 11 heavy (non-hydrogen) atoms. The van der Waals surface area contributed by atoms with E-state index in [2.05, 4.69) is 0 Å². The first-order valence-electron chi connectivity index (χ1n) is 3.75. The largest absolute Gasteiger partial charge is 0.389 e. The third kappa shape index (κ3) is 1.73. The van der Waals surface area contributed by atoms with Crippen LogP contribution in [0.15, 0.2) is 0 Å². The van der Waals surface area contributed by atoms with Gasteiger partial charge in [0.05, 0.1) is 10.9 Å². The Hall–Kier alpha value is -0.0900. The van der Waals surface area contributed by atoms with Gasteiger partial charge in [0.25, 0.3) is 0 Å². The van der Waals surface area contributed by atoms with E-state index in [-0.39, 0.29) is 0 Å². The van der Waals surface area contributed by atoms with E-state index in [4.69, 9.17) is 0 Å². The molecule has 0 heterocycles. The Kier molecular flexibility index (Phi) is 2.01. The van der Waals surface area contributed by atoms with E-state index in [1.165, 1.54) is 6.26 Å². The number of aliphatic hydroxyl groups is 1. The van der Waals surface area contributed by atoms with Crippen molar-refractivity contribution in [3.8, 4) is 0 Å². The van der Waals surface area contributed by atoms with Gasteiger partial charge < -0.3 is 5.11 Å². The third-order valence-electron chi connectivity index (χ3n) is 2.36. The molecule has 1 rings (SSSR count). The summed E-state index contributed by atoms with van der Waals surface area (Å²) in [4.78, 5) is 0. The molecule has 0 aromatic heterocycles. The van der Waals surface area contributed by atoms with Crippen molar-refractivity contribution in [1.82, 2.24) is 0 Å². The van der Waals surface area contributed by atoms with Crippen molar-refractivity contribution in [1.29, 1.82) is 0 Å². The summed E-state index contributed by atoms with van der Waals surface area (Å²) < 4.78 is 22.2. The van der Waals surface area contributed by atoms with E-state index < -0.39 is 20.7 Å². The lowest BCUT2D eigenvalue weighted by atomic mass is 10.1. The van der Waals surface area contributed by atoms with Crippen LogP contribution in [0.25, 0.3) is 0 Å². The van der Waals surface area contributed by atoms with Gasteiger partial charge in [-0.1, -0.05) is 0 Å². The molecular weight excluding hydrogens is 164 g/mol. The second kappa shape index (κ2) is 2.45. The van der Waals surface area contributed by atoms with Crippen molar-refractivity contribution in [3.63, 3.8) is 0 Å². The van der Waals surface area contributed by atoms with Gasteiger partial charge in [0.2, 0.25) is 0 Å². The average molecular weight is 178 g/mol. The SMILES string of the molecule is CC1(O)CCCC1S(C)(=O)=O. The zero-order chi connectivity index (χ0) is 8.70. The number of hydrogen-bond acceptors (Lipinski definition) is 3. The molecule has 1 N–H and O–H groups in total. The van der Waals surface area contributed by atoms with Crippen LogP contribution in [0.1, 0.15) is 26.2 Å². The lowest BCUT2D eigenvalue weighted by Gasteiger charge is -2.23. The van der Waals surface area contributed by atoms with Crippen LogP contribution in [0, 0.1) is 0 Å². The minimum Gasteiger partial charge on any atom is -0.389 e. The van der Waals surface area contributed by atoms with E-state index in [0.717, 1.165) is 6.42 Å². The van der Waals surface area contributed by atoms with E-state index in [9.17, 15) is 13.5 Å². The van der Waals surface area contributed by atoms with Gasteiger partial charge in [0.15, 0.2) is 9.84 Å². The molecule has 0 spiro atoms. The second-order valence-electron chi connectivity index (χ2n) is 3.57. The second-order valence-corrected chi connectivity index (χ2v) is 5.80. The molecule has 0 radical (unpaired) electrons.